The van der Waals surface area contributed by atoms with Gasteiger partial charge in [-0.1, -0.05) is 18.3 Å². The summed E-state index contributed by atoms with van der Waals surface area (Å²) in [4.78, 5) is 25.1. The number of rotatable bonds is 4. The molecule has 19 heavy (non-hydrogen) atoms. The molecule has 1 aliphatic heterocycles. The molecule has 5 nitrogen and oxygen atoms in total. The van der Waals surface area contributed by atoms with Crippen LogP contribution in [-0.2, 0) is 9.59 Å². The second-order valence-corrected chi connectivity index (χ2v) is 4.75. The maximum Gasteiger partial charge on any atom is 0.233 e. The van der Waals surface area contributed by atoms with Crippen molar-refractivity contribution in [1.29, 1.82) is 0 Å². The van der Waals surface area contributed by atoms with Gasteiger partial charge in [-0.05, 0) is 18.6 Å². The van der Waals surface area contributed by atoms with Crippen molar-refractivity contribution in [2.24, 2.45) is 5.73 Å². The van der Waals surface area contributed by atoms with E-state index in [-0.39, 0.29) is 23.4 Å². The molecule has 100 valence electrons. The number of carbonyl (C=O) groups is 2. The molecule has 1 saturated heterocycles. The van der Waals surface area contributed by atoms with Crippen LogP contribution in [0.1, 0.15) is 19.3 Å². The number of hydrogen-bond donors (Lipinski definition) is 1. The van der Waals surface area contributed by atoms with E-state index in [1.54, 1.807) is 24.3 Å². The number of piperidine rings is 1. The van der Waals surface area contributed by atoms with Gasteiger partial charge in [0.2, 0.25) is 11.8 Å². The molecule has 1 aliphatic rings. The smallest absolute Gasteiger partial charge is 0.233 e. The summed E-state index contributed by atoms with van der Waals surface area (Å²) in [7, 11) is 0. The summed E-state index contributed by atoms with van der Waals surface area (Å²) in [6.45, 7) is 0.126. The summed E-state index contributed by atoms with van der Waals surface area (Å²) in [5, 5.41) is 0. The van der Waals surface area contributed by atoms with Crippen molar-refractivity contribution < 1.29 is 14.3 Å². The first-order chi connectivity index (χ1) is 9.08. The van der Waals surface area contributed by atoms with E-state index >= 15 is 0 Å². The van der Waals surface area contributed by atoms with E-state index in [1.165, 1.54) is 4.90 Å². The molecule has 2 rings (SSSR count). The van der Waals surface area contributed by atoms with Crippen LogP contribution in [0.25, 0.3) is 0 Å². The molecule has 0 bridgehead atoms. The highest BCUT2D eigenvalue weighted by molar-refractivity contribution is 7.80. The van der Waals surface area contributed by atoms with E-state index in [0.29, 0.717) is 30.7 Å². The average Bonchev–Trinajstić information content (AvgIpc) is 2.37. The Bertz CT molecular complexity index is 514. The van der Waals surface area contributed by atoms with Crippen molar-refractivity contribution in [3.8, 4) is 5.75 Å². The largest absolute Gasteiger partial charge is 0.486 e. The van der Waals surface area contributed by atoms with Crippen LogP contribution in [0, 0.1) is 0 Å². The highest BCUT2D eigenvalue weighted by Gasteiger charge is 2.27. The van der Waals surface area contributed by atoms with Crippen LogP contribution in [0.5, 0.6) is 5.75 Å². The molecule has 1 aromatic carbocycles. The zero-order valence-corrected chi connectivity index (χ0v) is 11.1. The Labute approximate surface area is 116 Å². The standard InChI is InChI=1S/C13H14N2O3S/c14-11(19)8-18-10-4-1-3-9(7-10)15-12(16)5-2-6-13(15)17/h1,3-4,7H,2,5-6,8H2,(H2,14,19). The number of nitrogens with zero attached hydrogens (tertiary/aromatic N) is 1. The van der Waals surface area contributed by atoms with Crippen molar-refractivity contribution >= 4 is 34.7 Å². The number of amides is 2. The van der Waals surface area contributed by atoms with Gasteiger partial charge >= 0.3 is 0 Å². The van der Waals surface area contributed by atoms with Crippen molar-refractivity contribution in [1.82, 2.24) is 0 Å². The number of imide groups is 1. The Morgan fingerprint density at radius 3 is 2.63 bits per heavy atom. The van der Waals surface area contributed by atoms with Crippen molar-refractivity contribution in [2.75, 3.05) is 11.5 Å². The fourth-order valence-corrected chi connectivity index (χ4v) is 1.97. The Hall–Kier alpha value is -1.95. The van der Waals surface area contributed by atoms with Gasteiger partial charge in [0.1, 0.15) is 17.3 Å². The molecule has 1 heterocycles. The minimum atomic E-state index is -0.178. The van der Waals surface area contributed by atoms with Gasteiger partial charge in [0.05, 0.1) is 5.69 Å². The molecule has 0 aliphatic carbocycles. The first-order valence-electron chi connectivity index (χ1n) is 5.95. The zero-order chi connectivity index (χ0) is 13.8. The number of benzene rings is 1. The molecule has 0 radical (unpaired) electrons. The van der Waals surface area contributed by atoms with Crippen molar-refractivity contribution in [3.05, 3.63) is 24.3 Å². The van der Waals surface area contributed by atoms with Gasteiger partial charge in [0.25, 0.3) is 0 Å². The Kier molecular flexibility index (Phi) is 4.11. The van der Waals surface area contributed by atoms with Crippen molar-refractivity contribution in [2.45, 2.75) is 19.3 Å². The molecule has 6 heteroatoms. The van der Waals surface area contributed by atoms with Crippen LogP contribution in [0.3, 0.4) is 0 Å². The lowest BCUT2D eigenvalue weighted by Crippen LogP contribution is -2.40. The van der Waals surface area contributed by atoms with E-state index in [4.69, 9.17) is 22.7 Å². The lowest BCUT2D eigenvalue weighted by Gasteiger charge is -2.25. The number of carbonyl (C=O) groups excluding carboxylic acids is 2. The number of nitrogens with two attached hydrogens (primary N) is 1. The molecule has 0 unspecified atom stereocenters. The third-order valence-electron chi connectivity index (χ3n) is 2.74. The summed E-state index contributed by atoms with van der Waals surface area (Å²) >= 11 is 4.72. The topological polar surface area (TPSA) is 72.6 Å². The van der Waals surface area contributed by atoms with Gasteiger partial charge in [-0.3, -0.25) is 14.5 Å². The lowest BCUT2D eigenvalue weighted by atomic mass is 10.1. The minimum Gasteiger partial charge on any atom is -0.486 e. The number of ether oxygens (including phenoxy) is 1. The molecule has 2 N–H and O–H groups in total. The van der Waals surface area contributed by atoms with Gasteiger partial charge < -0.3 is 10.5 Å². The van der Waals surface area contributed by atoms with Crippen LogP contribution >= 0.6 is 12.2 Å². The molecule has 0 saturated carbocycles. The monoisotopic (exact) mass is 278 g/mol. The SMILES string of the molecule is NC(=S)COc1cccc(N2C(=O)CCCC2=O)c1. The second-order valence-electron chi connectivity index (χ2n) is 4.23. The summed E-state index contributed by atoms with van der Waals surface area (Å²) in [6.07, 6.45) is 1.40. The number of anilines is 1. The summed E-state index contributed by atoms with van der Waals surface area (Å²) in [5.74, 6) is 0.168. The van der Waals surface area contributed by atoms with Gasteiger partial charge in [-0.15, -0.1) is 0 Å². The predicted octanol–water partition coefficient (Wildman–Crippen LogP) is 1.40. The van der Waals surface area contributed by atoms with Crippen LogP contribution in [0.15, 0.2) is 24.3 Å². The number of hydrogen-bond acceptors (Lipinski definition) is 4. The second kappa shape index (κ2) is 5.79. The van der Waals surface area contributed by atoms with E-state index in [2.05, 4.69) is 0 Å². The van der Waals surface area contributed by atoms with Crippen LogP contribution in [0.2, 0.25) is 0 Å². The van der Waals surface area contributed by atoms with Crippen LogP contribution < -0.4 is 15.4 Å². The van der Waals surface area contributed by atoms with E-state index < -0.39 is 0 Å². The van der Waals surface area contributed by atoms with Crippen LogP contribution in [-0.4, -0.2) is 23.4 Å². The lowest BCUT2D eigenvalue weighted by molar-refractivity contribution is -0.129. The molecular formula is C13H14N2O3S. The summed E-state index contributed by atoms with van der Waals surface area (Å²) in [5.41, 5.74) is 5.88. The predicted molar refractivity (Wildman–Crippen MR) is 75.1 cm³/mol. The maximum absolute atomic E-state index is 11.8. The highest BCUT2D eigenvalue weighted by Crippen LogP contribution is 2.25. The van der Waals surface area contributed by atoms with Gasteiger partial charge in [-0.25, -0.2) is 0 Å². The average molecular weight is 278 g/mol. The summed E-state index contributed by atoms with van der Waals surface area (Å²) < 4.78 is 5.35. The van der Waals surface area contributed by atoms with E-state index in [9.17, 15) is 9.59 Å². The Morgan fingerprint density at radius 2 is 2.00 bits per heavy atom. The quantitative estimate of drug-likeness (QED) is 0.665. The van der Waals surface area contributed by atoms with E-state index in [1.807, 2.05) is 0 Å². The summed E-state index contributed by atoms with van der Waals surface area (Å²) in [6, 6.07) is 6.79. The minimum absolute atomic E-state index is 0.126. The first kappa shape index (κ1) is 13.5. The fourth-order valence-electron chi connectivity index (χ4n) is 1.91. The molecule has 1 aromatic rings. The third kappa shape index (κ3) is 3.29. The Balaban J connectivity index is 2.19. The zero-order valence-electron chi connectivity index (χ0n) is 10.3. The van der Waals surface area contributed by atoms with Crippen molar-refractivity contribution in [3.63, 3.8) is 0 Å². The Morgan fingerprint density at radius 1 is 1.32 bits per heavy atom. The molecule has 0 spiro atoms. The third-order valence-corrected chi connectivity index (χ3v) is 2.85. The van der Waals surface area contributed by atoms with Gasteiger partial charge in [-0.2, -0.15) is 0 Å². The van der Waals surface area contributed by atoms with Crippen LogP contribution in [0.4, 0.5) is 5.69 Å². The molecular weight excluding hydrogens is 264 g/mol. The fraction of sp³-hybridized carbons (Fsp3) is 0.308. The number of thiocarbonyl (C=S) groups is 1. The molecule has 0 atom stereocenters. The molecule has 1 fully saturated rings. The highest BCUT2D eigenvalue weighted by atomic mass is 32.1. The van der Waals surface area contributed by atoms with E-state index in [0.717, 1.165) is 0 Å². The van der Waals surface area contributed by atoms with Gasteiger partial charge in [0, 0.05) is 18.9 Å². The molecule has 2 amide bonds. The molecule has 0 aromatic heterocycles. The maximum atomic E-state index is 11.8. The normalized spacial score (nSPS) is 15.5. The van der Waals surface area contributed by atoms with Gasteiger partial charge in [0.15, 0.2) is 0 Å². The first-order valence-corrected chi connectivity index (χ1v) is 6.35.